The zero-order chi connectivity index (χ0) is 72.1. The van der Waals surface area contributed by atoms with Gasteiger partial charge in [-0.2, -0.15) is 15.3 Å². The molecule has 524 valence electrons. The number of nitrogens with one attached hydrogen (secondary N) is 5. The van der Waals surface area contributed by atoms with Crippen molar-refractivity contribution in [2.24, 2.45) is 23.1 Å². The summed E-state index contributed by atoms with van der Waals surface area (Å²) in [5, 5.41) is 30.5. The van der Waals surface area contributed by atoms with Crippen LogP contribution in [0.4, 0.5) is 28.8 Å². The number of anilines is 5. The van der Waals surface area contributed by atoms with Crippen LogP contribution in [0, 0.1) is 24.7 Å². The molecule has 1 saturated heterocycles. The van der Waals surface area contributed by atoms with Gasteiger partial charge >= 0.3 is 0 Å². The van der Waals surface area contributed by atoms with E-state index in [0.717, 1.165) is 72.2 Å². The average molecular weight is 1400 g/mol. The topological polar surface area (TPSA) is 325 Å². The Hall–Kier alpha value is -12.1. The van der Waals surface area contributed by atoms with E-state index in [1.54, 1.807) is 34.7 Å². The van der Waals surface area contributed by atoms with Gasteiger partial charge in [-0.1, -0.05) is 110 Å². The molecule has 0 bridgehead atoms. The maximum Gasteiger partial charge on any atom is 0.298 e. The molecule has 102 heavy (non-hydrogen) atoms. The number of rotatable bonds is 18. The number of nitrogens with two attached hydrogens (primary N) is 3. The summed E-state index contributed by atoms with van der Waals surface area (Å²) in [5.41, 5.74) is 26.1. The van der Waals surface area contributed by atoms with Gasteiger partial charge in [0.15, 0.2) is 0 Å². The second-order valence-corrected chi connectivity index (χ2v) is 25.0. The number of unbranched alkanes of at least 4 members (excludes halogenated alkanes) is 1. The van der Waals surface area contributed by atoms with Crippen LogP contribution in [0.25, 0.3) is 33.8 Å². The van der Waals surface area contributed by atoms with E-state index >= 15 is 0 Å². The molecule has 25 heteroatoms. The molecule has 1 fully saturated rings. The standard InChI is InChI=1S/C30H33N5O3.C24H25N5O3.C23H22ClN5O3/c1-2-3-5-10-26(36)34-19-16-21(17-20-34)25-15-18-32-30-27(29(31)37)28(33-35(25)30)22-11-13-24(14-12-22)38-23-8-6-4-7-9-23;1-4-20(30)27-17-8-6-5-7-16(17)18-11-12-26-24-21(23(25)31)22(28-29(18)24)15-10-9-14(2)19(13-15)32-3;1-3-19(30)27-16-7-5-4-6-14(16)17-10-11-26-23-20(22(25)31)21(28-29(17)23)13-8-9-15(24)18(12-13)32-2/h4,6-9,11-14,21,25,32H,2-3,15-20H2,1H3,(H2,31,37);4-10,13,18,26H,1,11-12H2,2-3H3,(H2,25,31)(H,27,30);3-9,12,17,26H,1,10-11H2,2H3,(H2,25,31)(H,27,30)/t25-;;/m0../s1. The zero-order valence-electron chi connectivity index (χ0n) is 57.1. The number of aromatic nitrogens is 6. The minimum atomic E-state index is -0.600. The van der Waals surface area contributed by atoms with Gasteiger partial charge in [-0.25, -0.2) is 14.0 Å². The Labute approximate surface area is 595 Å². The summed E-state index contributed by atoms with van der Waals surface area (Å²) in [5.74, 6) is 8.10. The quantitative estimate of drug-likeness (QED) is 0.0292. The summed E-state index contributed by atoms with van der Waals surface area (Å²) in [7, 11) is 3.12. The molecular formula is C77H80ClN15O9. The number of nitrogens with zero attached hydrogens (tertiary/aromatic N) is 7. The predicted octanol–water partition coefficient (Wildman–Crippen LogP) is 12.2. The number of hydrogen-bond acceptors (Lipinski definition) is 15. The number of primary amides is 3. The molecule has 2 unspecified atom stereocenters. The van der Waals surface area contributed by atoms with Crippen molar-refractivity contribution in [3.8, 4) is 68.6 Å². The molecule has 11 N–H and O–H groups in total. The second kappa shape index (κ2) is 32.3. The third-order valence-electron chi connectivity index (χ3n) is 18.2. The van der Waals surface area contributed by atoms with Crippen LogP contribution in [-0.2, 0) is 14.4 Å². The van der Waals surface area contributed by atoms with Gasteiger partial charge in [0, 0.05) is 78.3 Å². The van der Waals surface area contributed by atoms with E-state index in [1.165, 1.54) is 19.3 Å². The number of halogens is 1. The van der Waals surface area contributed by atoms with Gasteiger partial charge < -0.3 is 62.9 Å². The van der Waals surface area contributed by atoms with Gasteiger partial charge in [-0.05, 0) is 142 Å². The fourth-order valence-corrected chi connectivity index (χ4v) is 13.5. The monoisotopic (exact) mass is 1390 g/mol. The third-order valence-corrected chi connectivity index (χ3v) is 18.5. The molecule has 7 heterocycles. The maximum absolute atomic E-state index is 12.6. The van der Waals surface area contributed by atoms with Crippen LogP contribution in [0.5, 0.6) is 23.0 Å². The summed E-state index contributed by atoms with van der Waals surface area (Å²) >= 11 is 6.17. The van der Waals surface area contributed by atoms with Crippen LogP contribution in [-0.4, -0.2) is 117 Å². The Morgan fingerprint density at radius 1 is 0.578 bits per heavy atom. The number of methoxy groups -OCH3 is 2. The average Bonchev–Trinajstić information content (AvgIpc) is 1.62. The van der Waals surface area contributed by atoms with E-state index < -0.39 is 17.7 Å². The fourth-order valence-electron chi connectivity index (χ4n) is 13.3. The van der Waals surface area contributed by atoms with Crippen molar-refractivity contribution in [1.29, 1.82) is 0 Å². The Bertz CT molecular complexity index is 4530. The van der Waals surface area contributed by atoms with Gasteiger partial charge in [-0.15, -0.1) is 0 Å². The number of hydrogen-bond donors (Lipinski definition) is 8. The number of piperidine rings is 1. The lowest BCUT2D eigenvalue weighted by atomic mass is 9.87. The highest BCUT2D eigenvalue weighted by Crippen LogP contribution is 2.44. The molecule has 3 aromatic heterocycles. The lowest BCUT2D eigenvalue weighted by molar-refractivity contribution is -0.126. The molecule has 9 aromatic rings. The van der Waals surface area contributed by atoms with Crippen LogP contribution in [0.1, 0.15) is 118 Å². The number of benzene rings is 6. The normalized spacial score (nSPS) is 15.6. The number of fused-ring (bicyclic) bond motifs is 3. The summed E-state index contributed by atoms with van der Waals surface area (Å²) in [4.78, 5) is 75.7. The molecule has 24 nitrogen and oxygen atoms in total. The van der Waals surface area contributed by atoms with Gasteiger partial charge in [0.1, 0.15) is 74.2 Å². The third kappa shape index (κ3) is 15.5. The zero-order valence-corrected chi connectivity index (χ0v) is 57.8. The molecule has 0 saturated carbocycles. The minimum Gasteiger partial charge on any atom is -0.496 e. The molecule has 13 rings (SSSR count). The lowest BCUT2D eigenvalue weighted by Gasteiger charge is -2.37. The summed E-state index contributed by atoms with van der Waals surface area (Å²) in [6, 6.07) is 42.7. The number of likely N-dealkylation sites (tertiary alicyclic amines) is 1. The van der Waals surface area contributed by atoms with Crippen molar-refractivity contribution < 1.29 is 43.0 Å². The molecule has 6 amide bonds. The van der Waals surface area contributed by atoms with Gasteiger partial charge in [0.25, 0.3) is 23.6 Å². The van der Waals surface area contributed by atoms with E-state index in [-0.39, 0.29) is 41.4 Å². The van der Waals surface area contributed by atoms with E-state index in [4.69, 9.17) is 58.3 Å². The highest BCUT2D eigenvalue weighted by atomic mass is 35.5. The Kier molecular flexibility index (Phi) is 22.5. The first-order valence-electron chi connectivity index (χ1n) is 33.6. The van der Waals surface area contributed by atoms with Gasteiger partial charge in [0.05, 0.1) is 37.4 Å². The van der Waals surface area contributed by atoms with E-state index in [9.17, 15) is 28.8 Å². The van der Waals surface area contributed by atoms with E-state index in [0.29, 0.717) is 130 Å². The number of carbonyl (C=O) groups is 6. The maximum atomic E-state index is 12.6. The second-order valence-electron chi connectivity index (χ2n) is 24.6. The van der Waals surface area contributed by atoms with Crippen molar-refractivity contribution in [1.82, 2.24) is 34.2 Å². The van der Waals surface area contributed by atoms with Crippen LogP contribution in [0.15, 0.2) is 165 Å². The Balaban J connectivity index is 0.000000155. The minimum absolute atomic E-state index is 0.0834. The number of carbonyl (C=O) groups excluding carboxylic acids is 6. The highest BCUT2D eigenvalue weighted by Gasteiger charge is 2.38. The van der Waals surface area contributed by atoms with Crippen molar-refractivity contribution in [3.05, 3.63) is 203 Å². The first-order chi connectivity index (χ1) is 49.4. The SMILES string of the molecule is C=CC(=O)Nc1ccccc1C1CCNc2c(C(N)=O)c(-c3ccc(C)c(OC)c3)nn21.C=CC(=O)Nc1ccccc1C1CCNc2c(C(N)=O)c(-c3ccc(Cl)c(OC)c3)nn21.CCCC#CC(=O)N1CCC([C@@H]2CCNc3c(C(N)=O)c(-c4ccc(Oc5ccccc5)cc4)nn32)CC1. The molecule has 3 atom stereocenters. The van der Waals surface area contributed by atoms with Gasteiger partial charge in [0.2, 0.25) is 11.8 Å². The first-order valence-corrected chi connectivity index (χ1v) is 33.9. The predicted molar refractivity (Wildman–Crippen MR) is 395 cm³/mol. The molecule has 0 radical (unpaired) electrons. The van der Waals surface area contributed by atoms with E-state index in [1.807, 2.05) is 138 Å². The number of ether oxygens (including phenoxy) is 3. The molecule has 0 aliphatic carbocycles. The van der Waals surface area contributed by atoms with Crippen LogP contribution < -0.4 is 58.0 Å². The van der Waals surface area contributed by atoms with Gasteiger partial charge in [-0.3, -0.25) is 28.8 Å². The molecule has 4 aliphatic rings. The van der Waals surface area contributed by atoms with Crippen molar-refractivity contribution in [2.75, 3.05) is 73.5 Å². The van der Waals surface area contributed by atoms with Crippen LogP contribution >= 0.6 is 11.6 Å². The first kappa shape index (κ1) is 71.2. The van der Waals surface area contributed by atoms with E-state index in [2.05, 4.69) is 58.5 Å². The number of para-hydroxylation sites is 3. The number of amides is 6. The Morgan fingerprint density at radius 3 is 1.54 bits per heavy atom. The number of aryl methyl sites for hydroxylation is 1. The van der Waals surface area contributed by atoms with Crippen molar-refractivity contribution in [3.63, 3.8) is 0 Å². The fraction of sp³-hybridized carbons (Fsp3) is 0.260. The van der Waals surface area contributed by atoms with Crippen LogP contribution in [0.3, 0.4) is 0 Å². The smallest absolute Gasteiger partial charge is 0.298 e. The summed E-state index contributed by atoms with van der Waals surface area (Å²) < 4.78 is 22.2. The summed E-state index contributed by atoms with van der Waals surface area (Å²) in [6.45, 7) is 14.4. The molecule has 0 spiro atoms. The van der Waals surface area contributed by atoms with Crippen molar-refractivity contribution in [2.45, 2.75) is 76.9 Å². The van der Waals surface area contributed by atoms with Crippen molar-refractivity contribution >= 4 is 75.9 Å². The lowest BCUT2D eigenvalue weighted by Crippen LogP contribution is -2.41. The molecule has 4 aliphatic heterocycles. The highest BCUT2D eigenvalue weighted by molar-refractivity contribution is 6.32. The summed E-state index contributed by atoms with van der Waals surface area (Å²) in [6.07, 6.45) is 8.18. The Morgan fingerprint density at radius 2 is 1.03 bits per heavy atom. The van der Waals surface area contributed by atoms with Crippen LogP contribution in [0.2, 0.25) is 5.02 Å². The molecule has 6 aromatic carbocycles. The largest absolute Gasteiger partial charge is 0.496 e. The molecular weight excluding hydrogens is 1310 g/mol.